The number of aliphatic hydroxyl groups excluding tert-OH is 1. The first-order valence-corrected chi connectivity index (χ1v) is 4.97. The van der Waals surface area contributed by atoms with Gasteiger partial charge in [-0.05, 0) is 13.8 Å². The molecule has 0 radical (unpaired) electrons. The Morgan fingerprint density at radius 1 is 1.38 bits per heavy atom. The summed E-state index contributed by atoms with van der Waals surface area (Å²) in [6.07, 6.45) is 3.50. The molecule has 13 heavy (non-hydrogen) atoms. The SMILES string of the molecule is C=CC.C=CC.O=[PH](O)OCCO. The molecule has 0 aliphatic carbocycles. The van der Waals surface area contributed by atoms with E-state index in [0.29, 0.717) is 0 Å². The Hall–Kier alpha value is -0.410. The van der Waals surface area contributed by atoms with Crippen LogP contribution in [0.2, 0.25) is 0 Å². The summed E-state index contributed by atoms with van der Waals surface area (Å²) < 4.78 is 13.7. The fraction of sp³-hybridized carbons (Fsp3) is 0.500. The lowest BCUT2D eigenvalue weighted by Gasteiger charge is -1.90. The van der Waals surface area contributed by atoms with Crippen LogP contribution < -0.4 is 0 Å². The van der Waals surface area contributed by atoms with E-state index in [1.807, 2.05) is 13.8 Å². The van der Waals surface area contributed by atoms with E-state index in [9.17, 15) is 4.57 Å². The molecule has 0 aliphatic rings. The molecule has 80 valence electrons. The first kappa shape index (κ1) is 18.4. The van der Waals surface area contributed by atoms with E-state index < -0.39 is 8.25 Å². The molecule has 0 aliphatic heterocycles. The number of hydrogen-bond donors (Lipinski definition) is 2. The van der Waals surface area contributed by atoms with Crippen LogP contribution in [0.15, 0.2) is 25.3 Å². The molecule has 1 unspecified atom stereocenters. The summed E-state index contributed by atoms with van der Waals surface area (Å²) in [5, 5.41) is 7.96. The summed E-state index contributed by atoms with van der Waals surface area (Å²) in [4.78, 5) is 7.90. The van der Waals surface area contributed by atoms with Crippen LogP contribution in [0.3, 0.4) is 0 Å². The van der Waals surface area contributed by atoms with Gasteiger partial charge in [-0.1, -0.05) is 12.2 Å². The van der Waals surface area contributed by atoms with Crippen molar-refractivity contribution in [3.05, 3.63) is 25.3 Å². The number of aliphatic hydroxyl groups is 1. The molecule has 1 atom stereocenters. The molecule has 4 nitrogen and oxygen atoms in total. The second kappa shape index (κ2) is 22.6. The molecule has 5 heteroatoms. The third-order valence-corrected chi connectivity index (χ3v) is 0.768. The molecule has 0 amide bonds. The van der Waals surface area contributed by atoms with Gasteiger partial charge in [-0.2, -0.15) is 0 Å². The third kappa shape index (κ3) is 82.7. The smallest absolute Gasteiger partial charge is 0.316 e. The molecule has 0 aromatic rings. The monoisotopic (exact) mass is 210 g/mol. The van der Waals surface area contributed by atoms with Gasteiger partial charge in [0.15, 0.2) is 0 Å². The molecule has 0 saturated heterocycles. The quantitative estimate of drug-likeness (QED) is 0.550. The van der Waals surface area contributed by atoms with E-state index in [1.165, 1.54) is 0 Å². The van der Waals surface area contributed by atoms with E-state index in [0.717, 1.165) is 0 Å². The summed E-state index contributed by atoms with van der Waals surface area (Å²) >= 11 is 0. The Morgan fingerprint density at radius 3 is 1.77 bits per heavy atom. The van der Waals surface area contributed by atoms with E-state index in [2.05, 4.69) is 17.7 Å². The molecule has 0 aromatic carbocycles. The first-order chi connectivity index (χ1) is 6.10. The van der Waals surface area contributed by atoms with Gasteiger partial charge < -0.3 is 14.5 Å². The highest BCUT2D eigenvalue weighted by molar-refractivity contribution is 7.32. The lowest BCUT2D eigenvalue weighted by Crippen LogP contribution is -1.90. The largest absolute Gasteiger partial charge is 0.394 e. The summed E-state index contributed by atoms with van der Waals surface area (Å²) in [7, 11) is -2.81. The van der Waals surface area contributed by atoms with Crippen molar-refractivity contribution in [3.8, 4) is 0 Å². The minimum atomic E-state index is -2.81. The topological polar surface area (TPSA) is 66.8 Å². The molecule has 0 saturated carbocycles. The van der Waals surface area contributed by atoms with Crippen molar-refractivity contribution in [1.82, 2.24) is 0 Å². The standard InChI is InChI=1S/2C3H6.C2H7O4P/c2*1-3-2;3-1-2-6-7(4)5/h2*3H,1H2,2H3;3,7H,1-2H2,(H,4,5). The highest BCUT2D eigenvalue weighted by Crippen LogP contribution is 2.12. The average Bonchev–Trinajstić information content (AvgIpc) is 2.04. The van der Waals surface area contributed by atoms with E-state index >= 15 is 0 Å². The van der Waals surface area contributed by atoms with Gasteiger partial charge in [0.1, 0.15) is 0 Å². The van der Waals surface area contributed by atoms with E-state index in [-0.39, 0.29) is 13.2 Å². The van der Waals surface area contributed by atoms with Crippen molar-refractivity contribution in [2.24, 2.45) is 0 Å². The van der Waals surface area contributed by atoms with Gasteiger partial charge in [0.25, 0.3) is 0 Å². The van der Waals surface area contributed by atoms with Crippen molar-refractivity contribution < 1.29 is 19.1 Å². The van der Waals surface area contributed by atoms with Crippen LogP contribution in [-0.4, -0.2) is 23.2 Å². The fourth-order valence-electron chi connectivity index (χ4n) is 0.133. The van der Waals surface area contributed by atoms with Crippen LogP contribution in [0.5, 0.6) is 0 Å². The fourth-order valence-corrected chi connectivity index (χ4v) is 0.399. The third-order valence-electron chi connectivity index (χ3n) is 0.317. The van der Waals surface area contributed by atoms with Gasteiger partial charge in [-0.3, -0.25) is 4.57 Å². The summed E-state index contributed by atoms with van der Waals surface area (Å²) in [6.45, 7) is 10.2. The Labute approximate surface area is 80.5 Å². The van der Waals surface area contributed by atoms with Gasteiger partial charge in [0, 0.05) is 0 Å². The molecule has 2 N–H and O–H groups in total. The zero-order valence-electron chi connectivity index (χ0n) is 8.19. The molecule has 0 bridgehead atoms. The van der Waals surface area contributed by atoms with Crippen molar-refractivity contribution in [2.45, 2.75) is 13.8 Å². The maximum atomic E-state index is 9.61. The summed E-state index contributed by atoms with van der Waals surface area (Å²) in [6, 6.07) is 0. The second-order valence-electron chi connectivity index (χ2n) is 1.65. The molecule has 0 heterocycles. The Kier molecular flexibility index (Phi) is 31.9. The maximum absolute atomic E-state index is 9.61. The highest BCUT2D eigenvalue weighted by atomic mass is 31.1. The molecular weight excluding hydrogens is 191 g/mol. The highest BCUT2D eigenvalue weighted by Gasteiger charge is 1.86. The van der Waals surface area contributed by atoms with Crippen LogP contribution >= 0.6 is 8.25 Å². The van der Waals surface area contributed by atoms with Crippen molar-refractivity contribution >= 4 is 8.25 Å². The number of rotatable bonds is 3. The molecule has 0 spiro atoms. The van der Waals surface area contributed by atoms with E-state index in [4.69, 9.17) is 10.00 Å². The van der Waals surface area contributed by atoms with Crippen LogP contribution in [0.4, 0.5) is 0 Å². The number of allylic oxidation sites excluding steroid dienone is 2. The predicted octanol–water partition coefficient (Wildman–Crippen LogP) is 1.76. The minimum absolute atomic E-state index is 0.0612. The second-order valence-corrected chi connectivity index (χ2v) is 2.47. The molecular formula is C8H19O4P. The number of hydrogen-bond acceptors (Lipinski definition) is 3. The Balaban J connectivity index is -0.000000140. The van der Waals surface area contributed by atoms with Gasteiger partial charge in [0.2, 0.25) is 0 Å². The van der Waals surface area contributed by atoms with Gasteiger partial charge in [0.05, 0.1) is 13.2 Å². The Morgan fingerprint density at radius 2 is 1.69 bits per heavy atom. The Bertz CT molecular complexity index is 119. The average molecular weight is 210 g/mol. The molecule has 0 aromatic heterocycles. The van der Waals surface area contributed by atoms with Crippen molar-refractivity contribution in [3.63, 3.8) is 0 Å². The van der Waals surface area contributed by atoms with Crippen LogP contribution in [-0.2, 0) is 9.09 Å². The zero-order valence-corrected chi connectivity index (χ0v) is 9.19. The van der Waals surface area contributed by atoms with Crippen LogP contribution in [0.25, 0.3) is 0 Å². The normalized spacial score (nSPS) is 9.54. The summed E-state index contributed by atoms with van der Waals surface area (Å²) in [5.41, 5.74) is 0. The summed E-state index contributed by atoms with van der Waals surface area (Å²) in [5.74, 6) is 0. The predicted molar refractivity (Wildman–Crippen MR) is 56.0 cm³/mol. The lowest BCUT2D eigenvalue weighted by atomic mass is 10.8. The van der Waals surface area contributed by atoms with Crippen LogP contribution in [0.1, 0.15) is 13.8 Å². The van der Waals surface area contributed by atoms with Gasteiger partial charge >= 0.3 is 8.25 Å². The van der Waals surface area contributed by atoms with Gasteiger partial charge in [-0.25, -0.2) is 0 Å². The lowest BCUT2D eigenvalue weighted by molar-refractivity contribution is 0.193. The van der Waals surface area contributed by atoms with Crippen LogP contribution in [0, 0.1) is 0 Å². The first-order valence-electron chi connectivity index (χ1n) is 3.71. The molecule has 0 fully saturated rings. The molecule has 0 rings (SSSR count). The maximum Gasteiger partial charge on any atom is 0.316 e. The van der Waals surface area contributed by atoms with Gasteiger partial charge in [-0.15, -0.1) is 13.2 Å². The van der Waals surface area contributed by atoms with Crippen molar-refractivity contribution in [1.29, 1.82) is 0 Å². The van der Waals surface area contributed by atoms with Crippen molar-refractivity contribution in [2.75, 3.05) is 13.2 Å². The minimum Gasteiger partial charge on any atom is -0.394 e. The zero-order chi connectivity index (χ0) is 11.1. The van der Waals surface area contributed by atoms with E-state index in [1.54, 1.807) is 12.2 Å².